The van der Waals surface area contributed by atoms with Crippen molar-refractivity contribution in [3.8, 4) is 0 Å². The first-order valence-corrected chi connectivity index (χ1v) is 7.87. The summed E-state index contributed by atoms with van der Waals surface area (Å²) in [5, 5.41) is 2.60. The third-order valence-electron chi connectivity index (χ3n) is 3.57. The number of hydrogen-bond acceptors (Lipinski definition) is 6. The summed E-state index contributed by atoms with van der Waals surface area (Å²) in [6.45, 7) is 2.11. The Bertz CT molecular complexity index is 428. The van der Waals surface area contributed by atoms with E-state index in [4.69, 9.17) is 9.47 Å². The van der Waals surface area contributed by atoms with Crippen LogP contribution in [0.5, 0.6) is 0 Å². The molecule has 0 spiro atoms. The fourth-order valence-corrected chi connectivity index (χ4v) is 2.29. The smallest absolute Gasteiger partial charge is 0.407 e. The average molecular weight is 327 g/mol. The number of alkyl carbamates (subject to hydrolysis) is 1. The number of rotatable bonds is 7. The Morgan fingerprint density at radius 1 is 1.09 bits per heavy atom. The van der Waals surface area contributed by atoms with E-state index in [9.17, 15) is 14.4 Å². The maximum absolute atomic E-state index is 11.6. The molecule has 0 aromatic rings. The molecule has 1 fully saturated rings. The number of amides is 1. The predicted molar refractivity (Wildman–Crippen MR) is 82.6 cm³/mol. The van der Waals surface area contributed by atoms with Gasteiger partial charge in [-0.05, 0) is 25.7 Å². The SMILES string of the molecule is COC(=O)/C=C/C(=O)OC[C@@H](C)NC(=O)OCC1CCCCC1. The number of nitrogens with one attached hydrogen (secondary N) is 1. The topological polar surface area (TPSA) is 90.9 Å². The van der Waals surface area contributed by atoms with Gasteiger partial charge in [0.1, 0.15) is 6.61 Å². The first kappa shape index (κ1) is 19.0. The van der Waals surface area contributed by atoms with Crippen molar-refractivity contribution in [1.29, 1.82) is 0 Å². The van der Waals surface area contributed by atoms with Crippen LogP contribution in [0.25, 0.3) is 0 Å². The Kier molecular flexibility index (Phi) is 8.79. The van der Waals surface area contributed by atoms with Crippen molar-refractivity contribution in [2.75, 3.05) is 20.3 Å². The third-order valence-corrected chi connectivity index (χ3v) is 3.57. The molecule has 0 unspecified atom stereocenters. The van der Waals surface area contributed by atoms with Crippen LogP contribution in [-0.4, -0.2) is 44.4 Å². The first-order chi connectivity index (χ1) is 11.0. The van der Waals surface area contributed by atoms with E-state index in [1.54, 1.807) is 6.92 Å². The van der Waals surface area contributed by atoms with Crippen LogP contribution < -0.4 is 5.32 Å². The molecule has 130 valence electrons. The zero-order valence-electron chi connectivity index (χ0n) is 13.7. The van der Waals surface area contributed by atoms with Crippen molar-refractivity contribution in [1.82, 2.24) is 5.32 Å². The van der Waals surface area contributed by atoms with Crippen molar-refractivity contribution in [3.63, 3.8) is 0 Å². The highest BCUT2D eigenvalue weighted by molar-refractivity contribution is 5.91. The van der Waals surface area contributed by atoms with Crippen LogP contribution >= 0.6 is 0 Å². The molecule has 0 aromatic heterocycles. The van der Waals surface area contributed by atoms with E-state index in [0.717, 1.165) is 25.0 Å². The van der Waals surface area contributed by atoms with Gasteiger partial charge in [-0.2, -0.15) is 0 Å². The number of methoxy groups -OCH3 is 1. The molecule has 0 radical (unpaired) electrons. The number of hydrogen-bond donors (Lipinski definition) is 1. The van der Waals surface area contributed by atoms with Crippen molar-refractivity contribution in [2.24, 2.45) is 5.92 Å². The highest BCUT2D eigenvalue weighted by atomic mass is 16.6. The van der Waals surface area contributed by atoms with Gasteiger partial charge >= 0.3 is 18.0 Å². The number of carbonyl (C=O) groups is 3. The second-order valence-electron chi connectivity index (χ2n) is 5.63. The standard InChI is InChI=1S/C16H25NO6/c1-12(10-22-15(19)9-8-14(18)21-2)17-16(20)23-11-13-6-4-3-5-7-13/h8-9,12-13H,3-7,10-11H2,1-2H3,(H,17,20)/b9-8+/t12-/m1/s1. The Morgan fingerprint density at radius 3 is 2.39 bits per heavy atom. The number of ether oxygens (including phenoxy) is 3. The van der Waals surface area contributed by atoms with Gasteiger partial charge in [-0.25, -0.2) is 14.4 Å². The minimum atomic E-state index is -0.681. The van der Waals surface area contributed by atoms with Gasteiger partial charge in [-0.3, -0.25) is 0 Å². The molecule has 0 heterocycles. The Hall–Kier alpha value is -2.05. The van der Waals surface area contributed by atoms with Crippen molar-refractivity contribution < 1.29 is 28.6 Å². The van der Waals surface area contributed by atoms with E-state index in [0.29, 0.717) is 12.5 Å². The summed E-state index contributed by atoms with van der Waals surface area (Å²) in [7, 11) is 1.21. The molecule has 0 aromatic carbocycles. The Labute approximate surface area is 136 Å². The second kappa shape index (κ2) is 10.6. The Balaban J connectivity index is 2.15. The lowest BCUT2D eigenvalue weighted by Gasteiger charge is -2.21. The average Bonchev–Trinajstić information content (AvgIpc) is 2.56. The first-order valence-electron chi connectivity index (χ1n) is 7.87. The molecule has 1 aliphatic carbocycles. The fourth-order valence-electron chi connectivity index (χ4n) is 2.29. The molecular formula is C16H25NO6. The maximum Gasteiger partial charge on any atom is 0.407 e. The van der Waals surface area contributed by atoms with Gasteiger partial charge < -0.3 is 19.5 Å². The molecule has 23 heavy (non-hydrogen) atoms. The van der Waals surface area contributed by atoms with Gasteiger partial charge in [0.2, 0.25) is 0 Å². The lowest BCUT2D eigenvalue weighted by atomic mass is 9.90. The van der Waals surface area contributed by atoms with Crippen LogP contribution in [0.15, 0.2) is 12.2 Å². The molecular weight excluding hydrogens is 302 g/mol. The molecule has 7 nitrogen and oxygen atoms in total. The van der Waals surface area contributed by atoms with E-state index in [-0.39, 0.29) is 12.6 Å². The molecule has 1 aliphatic rings. The monoisotopic (exact) mass is 327 g/mol. The van der Waals surface area contributed by atoms with E-state index in [1.165, 1.54) is 26.4 Å². The molecule has 1 atom stereocenters. The van der Waals surface area contributed by atoms with E-state index in [1.807, 2.05) is 0 Å². The highest BCUT2D eigenvalue weighted by Crippen LogP contribution is 2.23. The molecule has 1 amide bonds. The van der Waals surface area contributed by atoms with Crippen LogP contribution in [0.1, 0.15) is 39.0 Å². The zero-order valence-corrected chi connectivity index (χ0v) is 13.7. The molecule has 7 heteroatoms. The number of carbonyl (C=O) groups excluding carboxylic acids is 3. The molecule has 0 bridgehead atoms. The normalized spacial score (nSPS) is 16.6. The lowest BCUT2D eigenvalue weighted by Crippen LogP contribution is -2.37. The van der Waals surface area contributed by atoms with Crippen molar-refractivity contribution >= 4 is 18.0 Å². The minimum absolute atomic E-state index is 0.0110. The van der Waals surface area contributed by atoms with Gasteiger partial charge in [0.15, 0.2) is 0 Å². The van der Waals surface area contributed by atoms with Gasteiger partial charge in [0, 0.05) is 12.2 Å². The summed E-state index contributed by atoms with van der Waals surface area (Å²) < 4.78 is 14.4. The van der Waals surface area contributed by atoms with Crippen LogP contribution in [0.4, 0.5) is 4.79 Å². The summed E-state index contributed by atoms with van der Waals surface area (Å²) in [5.41, 5.74) is 0. The van der Waals surface area contributed by atoms with Gasteiger partial charge in [0.25, 0.3) is 0 Å². The largest absolute Gasteiger partial charge is 0.466 e. The summed E-state index contributed by atoms with van der Waals surface area (Å²) >= 11 is 0. The number of esters is 2. The molecule has 1 N–H and O–H groups in total. The Morgan fingerprint density at radius 2 is 1.74 bits per heavy atom. The summed E-state index contributed by atoms with van der Waals surface area (Å²) in [6, 6.07) is -0.385. The van der Waals surface area contributed by atoms with Crippen LogP contribution in [-0.2, 0) is 23.8 Å². The molecule has 0 aliphatic heterocycles. The lowest BCUT2D eigenvalue weighted by molar-refractivity contribution is -0.139. The van der Waals surface area contributed by atoms with E-state index >= 15 is 0 Å². The van der Waals surface area contributed by atoms with Gasteiger partial charge in [-0.1, -0.05) is 19.3 Å². The van der Waals surface area contributed by atoms with Crippen LogP contribution in [0.2, 0.25) is 0 Å². The molecule has 1 saturated carbocycles. The van der Waals surface area contributed by atoms with E-state index < -0.39 is 18.0 Å². The zero-order chi connectivity index (χ0) is 17.1. The summed E-state index contributed by atoms with van der Waals surface area (Å²) in [5.74, 6) is -0.870. The fraction of sp³-hybridized carbons (Fsp3) is 0.688. The summed E-state index contributed by atoms with van der Waals surface area (Å²) in [6.07, 6.45) is 7.29. The maximum atomic E-state index is 11.6. The second-order valence-corrected chi connectivity index (χ2v) is 5.63. The summed E-state index contributed by atoms with van der Waals surface area (Å²) in [4.78, 5) is 33.8. The van der Waals surface area contributed by atoms with Crippen molar-refractivity contribution in [2.45, 2.75) is 45.1 Å². The van der Waals surface area contributed by atoms with Crippen molar-refractivity contribution in [3.05, 3.63) is 12.2 Å². The van der Waals surface area contributed by atoms with Gasteiger partial charge in [-0.15, -0.1) is 0 Å². The van der Waals surface area contributed by atoms with Gasteiger partial charge in [0.05, 0.1) is 19.8 Å². The third kappa shape index (κ3) is 8.85. The molecule has 1 rings (SSSR count). The van der Waals surface area contributed by atoms with Crippen LogP contribution in [0, 0.1) is 5.92 Å². The van der Waals surface area contributed by atoms with E-state index in [2.05, 4.69) is 10.1 Å². The predicted octanol–water partition coefficient (Wildman–Crippen LogP) is 1.95. The highest BCUT2D eigenvalue weighted by Gasteiger charge is 2.16. The van der Waals surface area contributed by atoms with Crippen LogP contribution in [0.3, 0.4) is 0 Å². The quantitative estimate of drug-likeness (QED) is 0.437. The molecule has 0 saturated heterocycles. The minimum Gasteiger partial charge on any atom is -0.466 e.